The van der Waals surface area contributed by atoms with Crippen LogP contribution in [0.3, 0.4) is 0 Å². The van der Waals surface area contributed by atoms with Crippen LogP contribution in [0.2, 0.25) is 0 Å². The minimum absolute atomic E-state index is 0.266. The first kappa shape index (κ1) is 14.6. The van der Waals surface area contributed by atoms with Gasteiger partial charge in [-0.2, -0.15) is 8.91 Å². The van der Waals surface area contributed by atoms with Crippen molar-refractivity contribution in [1.82, 2.24) is 19.6 Å². The molecule has 0 unspecified atom stereocenters. The van der Waals surface area contributed by atoms with Crippen LogP contribution in [0.4, 0.5) is 16.0 Å². The topological polar surface area (TPSA) is 75.4 Å². The van der Waals surface area contributed by atoms with Crippen molar-refractivity contribution in [1.29, 1.82) is 0 Å². The van der Waals surface area contributed by atoms with Crippen molar-refractivity contribution in [3.05, 3.63) is 48.2 Å². The molecule has 0 radical (unpaired) electrons. The monoisotopic (exact) mass is 326 g/mol. The Balaban J connectivity index is 1.62. The van der Waals surface area contributed by atoms with Crippen molar-refractivity contribution >= 4 is 23.2 Å². The van der Waals surface area contributed by atoms with E-state index in [9.17, 15) is 9.18 Å². The minimum atomic E-state index is -0.627. The summed E-state index contributed by atoms with van der Waals surface area (Å²) in [6.07, 6.45) is 5.05. The van der Waals surface area contributed by atoms with E-state index in [-0.39, 0.29) is 5.56 Å². The van der Waals surface area contributed by atoms with Crippen molar-refractivity contribution in [2.24, 2.45) is 0 Å². The van der Waals surface area contributed by atoms with Crippen molar-refractivity contribution in [3.63, 3.8) is 0 Å². The van der Waals surface area contributed by atoms with Gasteiger partial charge in [0.25, 0.3) is 5.91 Å². The Bertz CT molecular complexity index is 885. The molecular formula is C16H15FN6O. The van der Waals surface area contributed by atoms with Gasteiger partial charge in [0.1, 0.15) is 5.82 Å². The third-order valence-electron chi connectivity index (χ3n) is 4.01. The number of nitrogens with one attached hydrogen (secondary N) is 1. The maximum Gasteiger partial charge on any atom is 0.258 e. The predicted octanol–water partition coefficient (Wildman–Crippen LogP) is 2.12. The Labute approximate surface area is 137 Å². The van der Waals surface area contributed by atoms with Gasteiger partial charge in [-0.25, -0.2) is 9.97 Å². The fourth-order valence-corrected chi connectivity index (χ4v) is 2.76. The summed E-state index contributed by atoms with van der Waals surface area (Å²) in [7, 11) is 0. The molecule has 7 nitrogen and oxygen atoms in total. The summed E-state index contributed by atoms with van der Waals surface area (Å²) in [4.78, 5) is 22.2. The predicted molar refractivity (Wildman–Crippen MR) is 86.6 cm³/mol. The molecule has 1 amide bonds. The smallest absolute Gasteiger partial charge is 0.258 e. The van der Waals surface area contributed by atoms with E-state index in [1.165, 1.54) is 12.3 Å². The molecule has 122 valence electrons. The number of imidazole rings is 1. The number of nitrogens with zero attached hydrogens (tertiary/aromatic N) is 5. The van der Waals surface area contributed by atoms with Gasteiger partial charge in [-0.15, -0.1) is 5.10 Å². The summed E-state index contributed by atoms with van der Waals surface area (Å²) >= 11 is 0. The molecule has 3 aromatic rings. The van der Waals surface area contributed by atoms with Gasteiger partial charge in [-0.1, -0.05) is 0 Å². The number of carbonyl (C=O) groups excluding carboxylic acids is 1. The highest BCUT2D eigenvalue weighted by Gasteiger charge is 2.16. The van der Waals surface area contributed by atoms with Crippen molar-refractivity contribution in [2.75, 3.05) is 23.3 Å². The number of hydrogen-bond donors (Lipinski definition) is 1. The van der Waals surface area contributed by atoms with Crippen molar-refractivity contribution in [3.8, 4) is 0 Å². The Kier molecular flexibility index (Phi) is 3.56. The van der Waals surface area contributed by atoms with Crippen LogP contribution in [-0.2, 0) is 0 Å². The number of carbonyl (C=O) groups is 1. The average Bonchev–Trinajstić information content (AvgIpc) is 3.25. The maximum absolute atomic E-state index is 12.9. The molecule has 1 aliphatic heterocycles. The molecule has 8 heteroatoms. The highest BCUT2D eigenvalue weighted by Crippen LogP contribution is 2.20. The van der Waals surface area contributed by atoms with Gasteiger partial charge in [-0.3, -0.25) is 4.79 Å². The molecule has 0 aromatic carbocycles. The van der Waals surface area contributed by atoms with E-state index in [0.717, 1.165) is 37.8 Å². The fraction of sp³-hybridized carbons (Fsp3) is 0.250. The van der Waals surface area contributed by atoms with Gasteiger partial charge in [0.2, 0.25) is 5.95 Å². The second-order valence-electron chi connectivity index (χ2n) is 5.62. The lowest BCUT2D eigenvalue weighted by atomic mass is 10.3. The normalized spacial score (nSPS) is 14.3. The number of anilines is 2. The van der Waals surface area contributed by atoms with Crippen molar-refractivity contribution in [2.45, 2.75) is 12.8 Å². The molecule has 0 saturated carbocycles. The van der Waals surface area contributed by atoms with E-state index >= 15 is 0 Å². The summed E-state index contributed by atoms with van der Waals surface area (Å²) in [5.41, 5.74) is 0.910. The first-order valence-electron chi connectivity index (χ1n) is 7.73. The summed E-state index contributed by atoms with van der Waals surface area (Å²) in [6, 6.07) is 6.33. The van der Waals surface area contributed by atoms with Crippen LogP contribution >= 0.6 is 0 Å². The minimum Gasteiger partial charge on any atom is -0.355 e. The van der Waals surface area contributed by atoms with E-state index in [1.807, 2.05) is 12.1 Å². The molecule has 1 fully saturated rings. The third-order valence-corrected chi connectivity index (χ3v) is 4.01. The number of halogens is 1. The first-order chi connectivity index (χ1) is 11.7. The van der Waals surface area contributed by atoms with Crippen molar-refractivity contribution < 1.29 is 9.18 Å². The second-order valence-corrected chi connectivity index (χ2v) is 5.62. The molecule has 0 atom stereocenters. The molecule has 0 aliphatic carbocycles. The third kappa shape index (κ3) is 2.66. The number of rotatable bonds is 3. The molecule has 0 spiro atoms. The lowest BCUT2D eigenvalue weighted by Crippen LogP contribution is -2.20. The Morgan fingerprint density at radius 2 is 1.92 bits per heavy atom. The quantitative estimate of drug-likeness (QED) is 0.746. The van der Waals surface area contributed by atoms with Gasteiger partial charge in [0.15, 0.2) is 11.5 Å². The number of aromatic nitrogens is 4. The second kappa shape index (κ2) is 5.88. The molecule has 24 heavy (non-hydrogen) atoms. The number of amides is 1. The average molecular weight is 326 g/mol. The van der Waals surface area contributed by atoms with E-state index < -0.39 is 11.9 Å². The van der Waals surface area contributed by atoms with Gasteiger partial charge in [0, 0.05) is 19.3 Å². The molecular weight excluding hydrogens is 311 g/mol. The summed E-state index contributed by atoms with van der Waals surface area (Å²) in [6.45, 7) is 1.96. The summed E-state index contributed by atoms with van der Waals surface area (Å²) in [5, 5.41) is 7.30. The van der Waals surface area contributed by atoms with Gasteiger partial charge in [0.05, 0.1) is 11.8 Å². The van der Waals surface area contributed by atoms with Crippen LogP contribution < -0.4 is 10.2 Å². The van der Waals surface area contributed by atoms with Gasteiger partial charge in [-0.05, 0) is 37.1 Å². The zero-order valence-corrected chi connectivity index (χ0v) is 12.8. The summed E-state index contributed by atoms with van der Waals surface area (Å²) < 4.78 is 14.5. The number of pyridine rings is 1. The van der Waals surface area contributed by atoms with Crippen LogP contribution in [-0.4, -0.2) is 38.6 Å². The van der Waals surface area contributed by atoms with E-state index in [2.05, 4.69) is 25.3 Å². The Morgan fingerprint density at radius 1 is 1.08 bits per heavy atom. The lowest BCUT2D eigenvalue weighted by Gasteiger charge is -2.16. The number of hydrogen-bond acceptors (Lipinski definition) is 5. The first-order valence-corrected chi connectivity index (χ1v) is 7.73. The molecule has 4 rings (SSSR count). The Morgan fingerprint density at radius 3 is 2.67 bits per heavy atom. The molecule has 4 heterocycles. The fourth-order valence-electron chi connectivity index (χ4n) is 2.76. The van der Waals surface area contributed by atoms with E-state index in [4.69, 9.17) is 0 Å². The maximum atomic E-state index is 12.9. The Hall–Kier alpha value is -3.03. The molecule has 1 saturated heterocycles. The standard InChI is InChI=1S/C16H15FN6O/c17-12-4-3-11(9-18-12)16(24)20-15-10-19-13-5-6-14(21-23(13)15)22-7-1-2-8-22/h3-6,9-10H,1-2,7-8H2,(H,20,24). The van der Waals surface area contributed by atoms with Gasteiger partial charge >= 0.3 is 0 Å². The van der Waals surface area contributed by atoms with Crippen LogP contribution in [0, 0.1) is 5.95 Å². The highest BCUT2D eigenvalue weighted by atomic mass is 19.1. The molecule has 0 bridgehead atoms. The highest BCUT2D eigenvalue weighted by molar-refractivity contribution is 6.03. The van der Waals surface area contributed by atoms with Crippen LogP contribution in [0.1, 0.15) is 23.2 Å². The SMILES string of the molecule is O=C(Nc1cnc2ccc(N3CCCC3)nn12)c1ccc(F)nc1. The largest absolute Gasteiger partial charge is 0.355 e. The van der Waals surface area contributed by atoms with E-state index in [1.54, 1.807) is 10.7 Å². The lowest BCUT2D eigenvalue weighted by molar-refractivity contribution is 0.102. The van der Waals surface area contributed by atoms with Crippen LogP contribution in [0.5, 0.6) is 0 Å². The zero-order chi connectivity index (χ0) is 16.5. The van der Waals surface area contributed by atoms with Gasteiger partial charge < -0.3 is 10.2 Å². The zero-order valence-electron chi connectivity index (χ0n) is 12.8. The van der Waals surface area contributed by atoms with Crippen LogP contribution in [0.25, 0.3) is 5.65 Å². The molecule has 1 aliphatic rings. The molecule has 3 aromatic heterocycles. The number of fused-ring (bicyclic) bond motifs is 1. The summed E-state index contributed by atoms with van der Waals surface area (Å²) in [5.74, 6) is 0.299. The van der Waals surface area contributed by atoms with Crippen LogP contribution in [0.15, 0.2) is 36.7 Å². The van der Waals surface area contributed by atoms with E-state index in [0.29, 0.717) is 11.5 Å². The molecule has 1 N–H and O–H groups in total.